The summed E-state index contributed by atoms with van der Waals surface area (Å²) in [6.45, 7) is 8.30. The van der Waals surface area contributed by atoms with Crippen LogP contribution in [-0.2, 0) is 9.53 Å². The maximum atomic E-state index is 12.5. The molecule has 0 atom stereocenters. The number of hydrogen-bond donors (Lipinski definition) is 0. The van der Waals surface area contributed by atoms with E-state index in [2.05, 4.69) is 23.6 Å². The van der Waals surface area contributed by atoms with Crippen molar-refractivity contribution >= 4 is 23.3 Å². The van der Waals surface area contributed by atoms with E-state index in [1.165, 1.54) is 0 Å². The summed E-state index contributed by atoms with van der Waals surface area (Å²) in [5.41, 5.74) is 2.53. The number of benzene rings is 2. The highest BCUT2D eigenvalue weighted by atomic mass is 16.5. The van der Waals surface area contributed by atoms with E-state index in [1.807, 2.05) is 36.4 Å². The summed E-state index contributed by atoms with van der Waals surface area (Å²) in [6, 6.07) is 15.2. The molecule has 7 heteroatoms. The number of piperazine rings is 1. The van der Waals surface area contributed by atoms with Gasteiger partial charge in [-0.05, 0) is 50.2 Å². The summed E-state index contributed by atoms with van der Waals surface area (Å²) < 4.78 is 10.7. The highest BCUT2D eigenvalue weighted by molar-refractivity contribution is 5.91. The van der Waals surface area contributed by atoms with Crippen LogP contribution in [0.2, 0.25) is 0 Å². The maximum absolute atomic E-state index is 12.5. The minimum atomic E-state index is -0.480. The van der Waals surface area contributed by atoms with Crippen LogP contribution in [0, 0.1) is 0 Å². The van der Waals surface area contributed by atoms with Crippen molar-refractivity contribution in [3.8, 4) is 5.75 Å². The van der Waals surface area contributed by atoms with Crippen molar-refractivity contribution in [2.45, 2.75) is 13.8 Å². The van der Waals surface area contributed by atoms with Crippen molar-refractivity contribution in [3.05, 3.63) is 54.1 Å². The Morgan fingerprint density at radius 2 is 1.58 bits per heavy atom. The van der Waals surface area contributed by atoms with Gasteiger partial charge in [0.25, 0.3) is 5.91 Å². The number of esters is 1. The van der Waals surface area contributed by atoms with Gasteiger partial charge in [0.1, 0.15) is 5.75 Å². The number of hydrogen-bond acceptors (Lipinski definition) is 6. The monoisotopic (exact) mass is 425 g/mol. The van der Waals surface area contributed by atoms with Crippen LogP contribution in [0.4, 0.5) is 11.4 Å². The molecule has 1 saturated heterocycles. The summed E-state index contributed by atoms with van der Waals surface area (Å²) >= 11 is 0. The lowest BCUT2D eigenvalue weighted by molar-refractivity contribution is -0.134. The standard InChI is InChI=1S/C24H31N3O4/c1-4-25(5-2)20-12-10-19(11-13-20)24(29)31-18-23(28)27-16-14-26(15-17-27)21-8-6-7-9-22(21)30-3/h6-13H,4-5,14-18H2,1-3H3. The molecule has 166 valence electrons. The minimum absolute atomic E-state index is 0.173. The van der Waals surface area contributed by atoms with Gasteiger partial charge >= 0.3 is 5.97 Å². The molecule has 0 aromatic heterocycles. The number of ether oxygens (including phenoxy) is 2. The molecule has 1 heterocycles. The summed E-state index contributed by atoms with van der Waals surface area (Å²) in [7, 11) is 1.66. The Labute approximate surface area is 184 Å². The van der Waals surface area contributed by atoms with Gasteiger partial charge in [-0.15, -0.1) is 0 Å². The van der Waals surface area contributed by atoms with Crippen molar-refractivity contribution in [2.24, 2.45) is 0 Å². The SMILES string of the molecule is CCN(CC)c1ccc(C(=O)OCC(=O)N2CCN(c3ccccc3OC)CC2)cc1. The molecule has 2 aromatic rings. The van der Waals surface area contributed by atoms with Gasteiger partial charge in [0.2, 0.25) is 0 Å². The number of methoxy groups -OCH3 is 1. The third kappa shape index (κ3) is 5.48. The molecule has 1 fully saturated rings. The topological polar surface area (TPSA) is 62.3 Å². The van der Waals surface area contributed by atoms with E-state index in [1.54, 1.807) is 24.1 Å². The highest BCUT2D eigenvalue weighted by Gasteiger charge is 2.23. The van der Waals surface area contributed by atoms with E-state index in [0.29, 0.717) is 31.7 Å². The Balaban J connectivity index is 1.48. The number of amides is 1. The van der Waals surface area contributed by atoms with Crippen molar-refractivity contribution < 1.29 is 19.1 Å². The predicted octanol–water partition coefficient (Wildman–Crippen LogP) is 3.05. The lowest BCUT2D eigenvalue weighted by atomic mass is 10.2. The average Bonchev–Trinajstić information content (AvgIpc) is 2.83. The molecule has 0 saturated carbocycles. The third-order valence-corrected chi connectivity index (χ3v) is 5.62. The van der Waals surface area contributed by atoms with Gasteiger partial charge in [-0.1, -0.05) is 12.1 Å². The summed E-state index contributed by atoms with van der Waals surface area (Å²) in [5, 5.41) is 0. The van der Waals surface area contributed by atoms with Gasteiger partial charge < -0.3 is 24.2 Å². The molecule has 31 heavy (non-hydrogen) atoms. The number of para-hydroxylation sites is 2. The molecule has 0 aliphatic carbocycles. The second-order valence-corrected chi connectivity index (χ2v) is 7.33. The van der Waals surface area contributed by atoms with Gasteiger partial charge in [-0.25, -0.2) is 4.79 Å². The van der Waals surface area contributed by atoms with Crippen LogP contribution in [-0.4, -0.2) is 69.8 Å². The Morgan fingerprint density at radius 3 is 2.19 bits per heavy atom. The summed E-state index contributed by atoms with van der Waals surface area (Å²) in [6.07, 6.45) is 0. The maximum Gasteiger partial charge on any atom is 0.338 e. The van der Waals surface area contributed by atoms with Crippen LogP contribution in [0.5, 0.6) is 5.75 Å². The molecule has 0 bridgehead atoms. The molecule has 0 radical (unpaired) electrons. The van der Waals surface area contributed by atoms with Gasteiger partial charge in [0.05, 0.1) is 18.4 Å². The minimum Gasteiger partial charge on any atom is -0.495 e. The molecule has 7 nitrogen and oxygen atoms in total. The highest BCUT2D eigenvalue weighted by Crippen LogP contribution is 2.28. The molecule has 1 aliphatic rings. The fourth-order valence-electron chi connectivity index (χ4n) is 3.79. The number of anilines is 2. The zero-order chi connectivity index (χ0) is 22.2. The summed E-state index contributed by atoms with van der Waals surface area (Å²) in [4.78, 5) is 31.0. The lowest BCUT2D eigenvalue weighted by Gasteiger charge is -2.36. The number of carbonyl (C=O) groups is 2. The van der Waals surface area contributed by atoms with E-state index in [0.717, 1.165) is 30.2 Å². The van der Waals surface area contributed by atoms with E-state index < -0.39 is 5.97 Å². The first kappa shape index (κ1) is 22.5. The first-order chi connectivity index (χ1) is 15.1. The van der Waals surface area contributed by atoms with Crippen LogP contribution < -0.4 is 14.5 Å². The Bertz CT molecular complexity index is 873. The Hall–Kier alpha value is -3.22. The summed E-state index contributed by atoms with van der Waals surface area (Å²) in [5.74, 6) is 0.170. The molecule has 0 N–H and O–H groups in total. The largest absolute Gasteiger partial charge is 0.495 e. The molecular weight excluding hydrogens is 394 g/mol. The van der Waals surface area contributed by atoms with Crippen LogP contribution in [0.1, 0.15) is 24.2 Å². The lowest BCUT2D eigenvalue weighted by Crippen LogP contribution is -2.50. The number of carbonyl (C=O) groups excluding carboxylic acids is 2. The van der Waals surface area contributed by atoms with Gasteiger partial charge in [0.15, 0.2) is 6.61 Å². The fraction of sp³-hybridized carbons (Fsp3) is 0.417. The second kappa shape index (κ2) is 10.7. The molecule has 1 amide bonds. The number of nitrogens with zero attached hydrogens (tertiary/aromatic N) is 3. The quantitative estimate of drug-likeness (QED) is 0.606. The van der Waals surface area contributed by atoms with Crippen molar-refractivity contribution in [3.63, 3.8) is 0 Å². The van der Waals surface area contributed by atoms with E-state index in [9.17, 15) is 9.59 Å². The van der Waals surface area contributed by atoms with Crippen LogP contribution in [0.3, 0.4) is 0 Å². The van der Waals surface area contributed by atoms with E-state index in [-0.39, 0.29) is 12.5 Å². The van der Waals surface area contributed by atoms with Crippen molar-refractivity contribution in [1.82, 2.24) is 4.90 Å². The van der Waals surface area contributed by atoms with Gasteiger partial charge in [0, 0.05) is 45.0 Å². The van der Waals surface area contributed by atoms with Gasteiger partial charge in [-0.2, -0.15) is 0 Å². The zero-order valence-corrected chi connectivity index (χ0v) is 18.5. The molecule has 0 unspecified atom stereocenters. The molecule has 0 spiro atoms. The second-order valence-electron chi connectivity index (χ2n) is 7.33. The van der Waals surface area contributed by atoms with Crippen molar-refractivity contribution in [1.29, 1.82) is 0 Å². The van der Waals surface area contributed by atoms with Crippen LogP contribution >= 0.6 is 0 Å². The smallest absolute Gasteiger partial charge is 0.338 e. The average molecular weight is 426 g/mol. The first-order valence-electron chi connectivity index (χ1n) is 10.7. The first-order valence-corrected chi connectivity index (χ1v) is 10.7. The Kier molecular flexibility index (Phi) is 7.76. The molecule has 2 aromatic carbocycles. The normalized spacial score (nSPS) is 13.6. The van der Waals surface area contributed by atoms with E-state index >= 15 is 0 Å². The Morgan fingerprint density at radius 1 is 0.935 bits per heavy atom. The zero-order valence-electron chi connectivity index (χ0n) is 18.5. The molecular formula is C24H31N3O4. The van der Waals surface area contributed by atoms with E-state index in [4.69, 9.17) is 9.47 Å². The van der Waals surface area contributed by atoms with Crippen LogP contribution in [0.15, 0.2) is 48.5 Å². The third-order valence-electron chi connectivity index (χ3n) is 5.62. The van der Waals surface area contributed by atoms with Crippen LogP contribution in [0.25, 0.3) is 0 Å². The number of rotatable bonds is 8. The van der Waals surface area contributed by atoms with Crippen molar-refractivity contribution in [2.75, 3.05) is 62.8 Å². The molecule has 1 aliphatic heterocycles. The fourth-order valence-corrected chi connectivity index (χ4v) is 3.79. The molecule has 3 rings (SSSR count). The predicted molar refractivity (Wildman–Crippen MR) is 122 cm³/mol. The van der Waals surface area contributed by atoms with Gasteiger partial charge in [-0.3, -0.25) is 4.79 Å².